The van der Waals surface area contributed by atoms with Gasteiger partial charge >= 0.3 is 5.97 Å². The molecule has 0 atom stereocenters. The van der Waals surface area contributed by atoms with Crippen molar-refractivity contribution in [3.8, 4) is 0 Å². The number of aromatic carboxylic acids is 1. The number of primary amides is 1. The predicted molar refractivity (Wildman–Crippen MR) is 75.7 cm³/mol. The quantitative estimate of drug-likeness (QED) is 0.822. The molecule has 2 rings (SSSR count). The fourth-order valence-electron chi connectivity index (χ4n) is 1.67. The van der Waals surface area contributed by atoms with Gasteiger partial charge in [0.2, 0.25) is 5.91 Å². The molecule has 1 heterocycles. The van der Waals surface area contributed by atoms with Crippen molar-refractivity contribution in [2.24, 2.45) is 5.73 Å². The van der Waals surface area contributed by atoms with Gasteiger partial charge in [-0.05, 0) is 23.8 Å². The maximum atomic E-state index is 11.3. The molecule has 2 aromatic rings. The maximum Gasteiger partial charge on any atom is 0.354 e. The number of aromatic nitrogens is 1. The van der Waals surface area contributed by atoms with E-state index >= 15 is 0 Å². The van der Waals surface area contributed by atoms with Crippen LogP contribution in [0.4, 0.5) is 0 Å². The zero-order valence-corrected chi connectivity index (χ0v) is 11.3. The number of carboxylic acid groups (broad SMARTS) is 1. The zero-order chi connectivity index (χ0) is 14.5. The highest BCUT2D eigenvalue weighted by atomic mass is 32.2. The smallest absolute Gasteiger partial charge is 0.354 e. The van der Waals surface area contributed by atoms with E-state index in [1.165, 1.54) is 24.0 Å². The van der Waals surface area contributed by atoms with Crippen molar-refractivity contribution in [3.05, 3.63) is 59.4 Å². The summed E-state index contributed by atoms with van der Waals surface area (Å²) in [6.45, 7) is 0. The minimum Gasteiger partial charge on any atom is -0.477 e. The lowest BCUT2D eigenvalue weighted by Crippen LogP contribution is -2.13. The molecule has 6 heteroatoms. The van der Waals surface area contributed by atoms with Crippen LogP contribution in [0.5, 0.6) is 0 Å². The number of carbonyl (C=O) groups is 2. The largest absolute Gasteiger partial charge is 0.477 e. The van der Waals surface area contributed by atoms with Crippen molar-refractivity contribution in [2.75, 3.05) is 0 Å². The lowest BCUT2D eigenvalue weighted by Gasteiger charge is -2.06. The molecule has 20 heavy (non-hydrogen) atoms. The Kier molecular flexibility index (Phi) is 4.37. The summed E-state index contributed by atoms with van der Waals surface area (Å²) in [6, 6.07) is 10.3. The van der Waals surface area contributed by atoms with E-state index < -0.39 is 11.9 Å². The van der Waals surface area contributed by atoms with E-state index in [9.17, 15) is 9.59 Å². The van der Waals surface area contributed by atoms with E-state index in [2.05, 4.69) is 4.98 Å². The number of nitrogens with zero attached hydrogens (tertiary/aromatic N) is 1. The summed E-state index contributed by atoms with van der Waals surface area (Å²) in [6.07, 6.45) is 1.45. The highest BCUT2D eigenvalue weighted by Gasteiger charge is 2.09. The van der Waals surface area contributed by atoms with E-state index in [0.29, 0.717) is 11.3 Å². The number of amides is 1. The molecular weight excluding hydrogens is 276 g/mol. The number of thioether (sulfide) groups is 1. The molecular formula is C14H12N2O3S. The number of carboxylic acids is 1. The molecule has 0 bridgehead atoms. The van der Waals surface area contributed by atoms with Gasteiger partial charge in [-0.1, -0.05) is 18.2 Å². The Balaban J connectivity index is 2.15. The Bertz CT molecular complexity index is 658. The van der Waals surface area contributed by atoms with Crippen molar-refractivity contribution < 1.29 is 14.7 Å². The second-order valence-corrected chi connectivity index (χ2v) is 5.04. The number of pyridine rings is 1. The Morgan fingerprint density at radius 3 is 2.70 bits per heavy atom. The number of hydrogen-bond acceptors (Lipinski definition) is 4. The molecule has 0 unspecified atom stereocenters. The molecule has 1 aromatic heterocycles. The summed E-state index contributed by atoms with van der Waals surface area (Å²) in [7, 11) is 0. The van der Waals surface area contributed by atoms with Crippen LogP contribution in [0.25, 0.3) is 0 Å². The minimum absolute atomic E-state index is 0.00168. The van der Waals surface area contributed by atoms with Gasteiger partial charge in [0.1, 0.15) is 5.69 Å². The van der Waals surface area contributed by atoms with Crippen molar-refractivity contribution >= 4 is 23.6 Å². The van der Waals surface area contributed by atoms with Crippen LogP contribution in [-0.4, -0.2) is 22.0 Å². The summed E-state index contributed by atoms with van der Waals surface area (Å²) < 4.78 is 0. The third-order valence-electron chi connectivity index (χ3n) is 2.63. The first-order chi connectivity index (χ1) is 9.58. The molecule has 5 nitrogen and oxygen atoms in total. The van der Waals surface area contributed by atoms with Crippen molar-refractivity contribution in [3.63, 3.8) is 0 Å². The third kappa shape index (κ3) is 3.36. The van der Waals surface area contributed by atoms with Crippen molar-refractivity contribution in [2.45, 2.75) is 10.6 Å². The van der Waals surface area contributed by atoms with E-state index in [1.807, 2.05) is 12.1 Å². The average molecular weight is 288 g/mol. The van der Waals surface area contributed by atoms with Gasteiger partial charge in [-0.15, -0.1) is 11.8 Å². The molecule has 1 aromatic carbocycles. The summed E-state index contributed by atoms with van der Waals surface area (Å²) in [5.41, 5.74) is 6.61. The van der Waals surface area contributed by atoms with Gasteiger partial charge in [-0.25, -0.2) is 9.78 Å². The van der Waals surface area contributed by atoms with Crippen LogP contribution < -0.4 is 5.73 Å². The topological polar surface area (TPSA) is 93.3 Å². The molecule has 0 aliphatic heterocycles. The second-order valence-electron chi connectivity index (χ2n) is 3.99. The molecule has 0 aliphatic rings. The SMILES string of the molecule is NC(=O)c1ccccc1CSc1ccnc(C(=O)O)c1. The van der Waals surface area contributed by atoms with E-state index in [0.717, 1.165) is 10.5 Å². The summed E-state index contributed by atoms with van der Waals surface area (Å²) in [4.78, 5) is 26.7. The molecule has 0 radical (unpaired) electrons. The van der Waals surface area contributed by atoms with Gasteiger partial charge in [0.05, 0.1) is 0 Å². The number of carbonyl (C=O) groups excluding carboxylic acids is 1. The molecule has 0 fully saturated rings. The lowest BCUT2D eigenvalue weighted by molar-refractivity contribution is 0.0690. The number of hydrogen-bond donors (Lipinski definition) is 2. The average Bonchev–Trinajstić information content (AvgIpc) is 2.45. The van der Waals surface area contributed by atoms with Gasteiger partial charge in [-0.2, -0.15) is 0 Å². The molecule has 0 saturated carbocycles. The molecule has 102 valence electrons. The number of rotatable bonds is 5. The van der Waals surface area contributed by atoms with Crippen LogP contribution >= 0.6 is 11.8 Å². The van der Waals surface area contributed by atoms with Crippen LogP contribution in [0.15, 0.2) is 47.5 Å². The van der Waals surface area contributed by atoms with Crippen LogP contribution in [0.1, 0.15) is 26.4 Å². The van der Waals surface area contributed by atoms with Gasteiger partial charge < -0.3 is 10.8 Å². The van der Waals surface area contributed by atoms with Crippen LogP contribution in [0, 0.1) is 0 Å². The molecule has 3 N–H and O–H groups in total. The van der Waals surface area contributed by atoms with Gasteiger partial charge in [0.15, 0.2) is 0 Å². The molecule has 0 saturated heterocycles. The van der Waals surface area contributed by atoms with E-state index in [-0.39, 0.29) is 5.69 Å². The van der Waals surface area contributed by atoms with Crippen molar-refractivity contribution in [1.29, 1.82) is 0 Å². The normalized spacial score (nSPS) is 10.2. The van der Waals surface area contributed by atoms with Crippen LogP contribution in [0.2, 0.25) is 0 Å². The predicted octanol–water partition coefficient (Wildman–Crippen LogP) is 2.17. The van der Waals surface area contributed by atoms with Crippen LogP contribution in [0.3, 0.4) is 0 Å². The Morgan fingerprint density at radius 1 is 1.25 bits per heavy atom. The summed E-state index contributed by atoms with van der Waals surface area (Å²) in [5.74, 6) is -1.01. The van der Waals surface area contributed by atoms with E-state index in [1.54, 1.807) is 18.2 Å². The lowest BCUT2D eigenvalue weighted by atomic mass is 10.1. The van der Waals surface area contributed by atoms with E-state index in [4.69, 9.17) is 10.8 Å². The minimum atomic E-state index is -1.06. The fraction of sp³-hybridized carbons (Fsp3) is 0.0714. The van der Waals surface area contributed by atoms with Crippen LogP contribution in [-0.2, 0) is 5.75 Å². The maximum absolute atomic E-state index is 11.3. The highest BCUT2D eigenvalue weighted by molar-refractivity contribution is 7.98. The monoisotopic (exact) mass is 288 g/mol. The number of nitrogens with two attached hydrogens (primary N) is 1. The zero-order valence-electron chi connectivity index (χ0n) is 10.4. The Labute approximate surface area is 119 Å². The summed E-state index contributed by atoms with van der Waals surface area (Å²) >= 11 is 1.43. The number of benzene rings is 1. The first-order valence-corrected chi connectivity index (χ1v) is 6.76. The summed E-state index contributed by atoms with van der Waals surface area (Å²) in [5, 5.41) is 8.88. The Hall–Kier alpha value is -2.34. The van der Waals surface area contributed by atoms with Crippen molar-refractivity contribution in [1.82, 2.24) is 4.98 Å². The highest BCUT2D eigenvalue weighted by Crippen LogP contribution is 2.24. The third-order valence-corrected chi connectivity index (χ3v) is 3.67. The first-order valence-electron chi connectivity index (χ1n) is 5.78. The van der Waals surface area contributed by atoms with Gasteiger partial charge in [0.25, 0.3) is 0 Å². The molecule has 0 aliphatic carbocycles. The Morgan fingerprint density at radius 2 is 2.00 bits per heavy atom. The molecule has 0 spiro atoms. The standard InChI is InChI=1S/C14H12N2O3S/c15-13(17)11-4-2-1-3-9(11)8-20-10-5-6-16-12(7-10)14(18)19/h1-7H,8H2,(H2,15,17)(H,18,19). The molecule has 1 amide bonds. The second kappa shape index (κ2) is 6.21. The van der Waals surface area contributed by atoms with Gasteiger partial charge in [-0.3, -0.25) is 4.79 Å². The first kappa shape index (κ1) is 14.1. The fourth-order valence-corrected chi connectivity index (χ4v) is 2.59. The van der Waals surface area contributed by atoms with Gasteiger partial charge in [0, 0.05) is 22.4 Å².